The van der Waals surface area contributed by atoms with Crippen LogP contribution in [0.3, 0.4) is 0 Å². The maximum atomic E-state index is 12.6. The summed E-state index contributed by atoms with van der Waals surface area (Å²) in [6.07, 6.45) is 3.17. The minimum Gasteiger partial charge on any atom is -0.343 e. The van der Waals surface area contributed by atoms with Crippen LogP contribution in [0.4, 0.5) is 5.69 Å². The highest BCUT2D eigenvalue weighted by atomic mass is 32.2. The van der Waals surface area contributed by atoms with Gasteiger partial charge in [-0.2, -0.15) is 0 Å². The zero-order valence-corrected chi connectivity index (χ0v) is 16.8. The molecule has 0 radical (unpaired) electrons. The van der Waals surface area contributed by atoms with Crippen molar-refractivity contribution in [1.29, 1.82) is 0 Å². The number of anilines is 1. The van der Waals surface area contributed by atoms with E-state index in [0.29, 0.717) is 17.0 Å². The van der Waals surface area contributed by atoms with Gasteiger partial charge in [-0.15, -0.1) is 0 Å². The van der Waals surface area contributed by atoms with E-state index in [-0.39, 0.29) is 18.4 Å². The molecule has 2 aromatic heterocycles. The number of amides is 2. The molecule has 2 aromatic carbocycles. The highest BCUT2D eigenvalue weighted by Gasteiger charge is 2.13. The second-order valence-corrected chi connectivity index (χ2v) is 7.44. The molecule has 4 aromatic rings. The van der Waals surface area contributed by atoms with Gasteiger partial charge in [0.2, 0.25) is 5.91 Å². The van der Waals surface area contributed by atoms with Gasteiger partial charge in [0.1, 0.15) is 0 Å². The maximum Gasteiger partial charge on any atom is 0.252 e. The number of carbonyl (C=O) groups excluding carboxylic acids is 2. The first kappa shape index (κ1) is 19.7. The van der Waals surface area contributed by atoms with Crippen molar-refractivity contribution < 1.29 is 9.59 Å². The van der Waals surface area contributed by atoms with Crippen molar-refractivity contribution in [3.8, 4) is 0 Å². The van der Waals surface area contributed by atoms with E-state index in [1.54, 1.807) is 36.7 Å². The van der Waals surface area contributed by atoms with Crippen molar-refractivity contribution in [2.75, 3.05) is 11.9 Å². The highest BCUT2D eigenvalue weighted by molar-refractivity contribution is 7.98. The first-order chi connectivity index (χ1) is 14.7. The van der Waals surface area contributed by atoms with Crippen LogP contribution in [0.1, 0.15) is 15.9 Å². The summed E-state index contributed by atoms with van der Waals surface area (Å²) in [6.45, 7) is -0.126. The van der Waals surface area contributed by atoms with Crippen molar-refractivity contribution in [2.24, 2.45) is 0 Å². The van der Waals surface area contributed by atoms with Gasteiger partial charge in [0.05, 0.1) is 29.5 Å². The molecule has 0 bridgehead atoms. The van der Waals surface area contributed by atoms with Gasteiger partial charge in [0.25, 0.3) is 5.91 Å². The number of carbonyl (C=O) groups is 2. The molecule has 0 aliphatic carbocycles. The normalized spacial score (nSPS) is 10.7. The van der Waals surface area contributed by atoms with Gasteiger partial charge < -0.3 is 15.6 Å². The number of hydrogen-bond acceptors (Lipinski definition) is 5. The summed E-state index contributed by atoms with van der Waals surface area (Å²) in [4.78, 5) is 36.5. The van der Waals surface area contributed by atoms with E-state index in [0.717, 1.165) is 21.8 Å². The average molecular weight is 417 g/mol. The number of thioether (sulfide) groups is 1. The molecule has 4 rings (SSSR count). The van der Waals surface area contributed by atoms with Crippen LogP contribution in [0, 0.1) is 0 Å². The summed E-state index contributed by atoms with van der Waals surface area (Å²) < 4.78 is 0. The fraction of sp³-hybridized carbons (Fsp3) is 0.0909. The number of para-hydroxylation sites is 2. The predicted octanol–water partition coefficient (Wildman–Crippen LogP) is 3.62. The Kier molecular flexibility index (Phi) is 6.05. The van der Waals surface area contributed by atoms with E-state index in [1.807, 2.05) is 36.4 Å². The van der Waals surface area contributed by atoms with Gasteiger partial charge in [0.15, 0.2) is 5.16 Å². The number of pyridine rings is 1. The SMILES string of the molecule is O=C(CNC(=O)c1ccccc1CSc1nc2ccccc2[nH]1)Nc1cccnc1. The Morgan fingerprint density at radius 3 is 2.67 bits per heavy atom. The number of fused-ring (bicyclic) bond motifs is 1. The number of rotatable bonds is 7. The summed E-state index contributed by atoms with van der Waals surface area (Å²) in [5, 5.41) is 6.16. The van der Waals surface area contributed by atoms with Crippen LogP contribution in [-0.4, -0.2) is 33.3 Å². The average Bonchev–Trinajstić information content (AvgIpc) is 3.20. The molecule has 30 heavy (non-hydrogen) atoms. The van der Waals surface area contributed by atoms with Gasteiger partial charge in [-0.25, -0.2) is 4.98 Å². The Bertz CT molecular complexity index is 1140. The molecule has 0 saturated carbocycles. The molecule has 8 heteroatoms. The smallest absolute Gasteiger partial charge is 0.252 e. The lowest BCUT2D eigenvalue weighted by atomic mass is 10.1. The molecular formula is C22H19N5O2S. The lowest BCUT2D eigenvalue weighted by molar-refractivity contribution is -0.115. The minimum absolute atomic E-state index is 0.126. The van der Waals surface area contributed by atoms with E-state index in [9.17, 15) is 9.59 Å². The number of hydrogen-bond donors (Lipinski definition) is 3. The van der Waals surface area contributed by atoms with Crippen LogP contribution in [-0.2, 0) is 10.5 Å². The Balaban J connectivity index is 1.37. The first-order valence-corrected chi connectivity index (χ1v) is 10.3. The van der Waals surface area contributed by atoms with Crippen LogP contribution in [0.25, 0.3) is 11.0 Å². The van der Waals surface area contributed by atoms with E-state index in [2.05, 4.69) is 25.6 Å². The van der Waals surface area contributed by atoms with Gasteiger partial charge in [-0.05, 0) is 35.9 Å². The summed E-state index contributed by atoms with van der Waals surface area (Å²) in [5.41, 5.74) is 3.87. The predicted molar refractivity (Wildman–Crippen MR) is 117 cm³/mol. The van der Waals surface area contributed by atoms with Crippen LogP contribution < -0.4 is 10.6 Å². The van der Waals surface area contributed by atoms with Crippen molar-refractivity contribution >= 4 is 40.3 Å². The number of nitrogens with one attached hydrogen (secondary N) is 3. The zero-order valence-electron chi connectivity index (χ0n) is 16.0. The second kappa shape index (κ2) is 9.23. The van der Waals surface area contributed by atoms with E-state index >= 15 is 0 Å². The van der Waals surface area contributed by atoms with E-state index in [4.69, 9.17) is 0 Å². The molecular weight excluding hydrogens is 398 g/mol. The van der Waals surface area contributed by atoms with Gasteiger partial charge >= 0.3 is 0 Å². The third-order valence-electron chi connectivity index (χ3n) is 4.35. The molecule has 0 unspecified atom stereocenters. The third-order valence-corrected chi connectivity index (χ3v) is 5.27. The summed E-state index contributed by atoms with van der Waals surface area (Å²) in [6, 6.07) is 18.6. The molecule has 3 N–H and O–H groups in total. The fourth-order valence-electron chi connectivity index (χ4n) is 2.91. The first-order valence-electron chi connectivity index (χ1n) is 9.32. The van der Waals surface area contributed by atoms with Crippen molar-refractivity contribution in [1.82, 2.24) is 20.3 Å². The van der Waals surface area contributed by atoms with Crippen LogP contribution in [0.15, 0.2) is 78.2 Å². The van der Waals surface area contributed by atoms with Crippen molar-refractivity contribution in [3.05, 3.63) is 84.2 Å². The van der Waals surface area contributed by atoms with Gasteiger partial charge in [0, 0.05) is 17.5 Å². The second-order valence-electron chi connectivity index (χ2n) is 6.48. The van der Waals surface area contributed by atoms with Crippen molar-refractivity contribution in [3.63, 3.8) is 0 Å². The Hall–Kier alpha value is -3.65. The molecule has 150 valence electrons. The number of aromatic amines is 1. The molecule has 0 fully saturated rings. The number of imidazole rings is 1. The molecule has 0 aliphatic heterocycles. The van der Waals surface area contributed by atoms with Crippen molar-refractivity contribution in [2.45, 2.75) is 10.9 Å². The van der Waals surface area contributed by atoms with E-state index < -0.39 is 0 Å². The molecule has 0 aliphatic rings. The highest BCUT2D eigenvalue weighted by Crippen LogP contribution is 2.24. The Morgan fingerprint density at radius 1 is 1.00 bits per heavy atom. The fourth-order valence-corrected chi connectivity index (χ4v) is 3.80. The summed E-state index contributed by atoms with van der Waals surface area (Å²) in [7, 11) is 0. The largest absolute Gasteiger partial charge is 0.343 e. The number of aromatic nitrogens is 3. The lowest BCUT2D eigenvalue weighted by Crippen LogP contribution is -2.33. The Labute approximate surface area is 177 Å². The number of nitrogens with zero attached hydrogens (tertiary/aromatic N) is 2. The van der Waals surface area contributed by atoms with Gasteiger partial charge in [-0.3, -0.25) is 14.6 Å². The lowest BCUT2D eigenvalue weighted by Gasteiger charge is -2.10. The summed E-state index contributed by atoms with van der Waals surface area (Å²) in [5.74, 6) is -0.0340. The monoisotopic (exact) mass is 417 g/mol. The van der Waals surface area contributed by atoms with Gasteiger partial charge in [-0.1, -0.05) is 42.1 Å². The quantitative estimate of drug-likeness (QED) is 0.399. The molecule has 0 spiro atoms. The third kappa shape index (κ3) is 4.84. The standard InChI is InChI=1S/C22H19N5O2S/c28-20(25-16-7-5-11-23-12-16)13-24-21(29)17-8-2-1-6-15(17)14-30-22-26-18-9-3-4-10-19(18)27-22/h1-12H,13-14H2,(H,24,29)(H,25,28)(H,26,27). The molecule has 2 heterocycles. The molecule has 7 nitrogen and oxygen atoms in total. The molecule has 2 amide bonds. The van der Waals surface area contributed by atoms with Crippen LogP contribution in [0.5, 0.6) is 0 Å². The Morgan fingerprint density at radius 2 is 1.83 bits per heavy atom. The topological polar surface area (TPSA) is 99.8 Å². The minimum atomic E-state index is -0.314. The molecule has 0 atom stereocenters. The van der Waals surface area contributed by atoms with Crippen LogP contribution in [0.2, 0.25) is 0 Å². The van der Waals surface area contributed by atoms with E-state index in [1.165, 1.54) is 11.8 Å². The zero-order chi connectivity index (χ0) is 20.8. The van der Waals surface area contributed by atoms with Crippen LogP contribution >= 0.6 is 11.8 Å². The molecule has 0 saturated heterocycles. The number of benzene rings is 2. The maximum absolute atomic E-state index is 12.6. The number of H-pyrrole nitrogens is 1. The summed E-state index contributed by atoms with van der Waals surface area (Å²) >= 11 is 1.52.